The van der Waals surface area contributed by atoms with Crippen LogP contribution < -0.4 is 10.1 Å². The van der Waals surface area contributed by atoms with Gasteiger partial charge in [0.15, 0.2) is 0 Å². The smallest absolute Gasteiger partial charge is 0.119 e. The summed E-state index contributed by atoms with van der Waals surface area (Å²) >= 11 is 0. The molecule has 0 aliphatic carbocycles. The largest absolute Gasteiger partial charge is 0.492 e. The van der Waals surface area contributed by atoms with E-state index in [-0.39, 0.29) is 5.54 Å². The first-order valence-electron chi connectivity index (χ1n) is 7.08. The Labute approximate surface area is 121 Å². The zero-order valence-electron chi connectivity index (χ0n) is 12.5. The number of ether oxygens (including phenoxy) is 1. The maximum absolute atomic E-state index is 5.80. The van der Waals surface area contributed by atoms with Crippen molar-refractivity contribution in [2.75, 3.05) is 13.2 Å². The Balaban J connectivity index is 1.94. The van der Waals surface area contributed by atoms with E-state index in [0.29, 0.717) is 6.61 Å². The molecule has 0 bridgehead atoms. The van der Waals surface area contributed by atoms with Gasteiger partial charge >= 0.3 is 0 Å². The molecular weight excluding hydrogens is 246 g/mol. The lowest BCUT2D eigenvalue weighted by molar-refractivity contribution is 0.291. The third kappa shape index (κ3) is 4.71. The Morgan fingerprint density at radius 2 is 1.60 bits per heavy atom. The quantitative estimate of drug-likeness (QED) is 0.824. The van der Waals surface area contributed by atoms with Crippen molar-refractivity contribution in [2.24, 2.45) is 0 Å². The summed E-state index contributed by atoms with van der Waals surface area (Å²) in [6.45, 7) is 7.99. The van der Waals surface area contributed by atoms with Gasteiger partial charge in [-0.15, -0.1) is 0 Å². The molecule has 0 heterocycles. The summed E-state index contributed by atoms with van der Waals surface area (Å²) in [5, 5.41) is 3.41. The number of benzene rings is 2. The normalized spacial score (nSPS) is 11.3. The van der Waals surface area contributed by atoms with Gasteiger partial charge in [0.2, 0.25) is 0 Å². The zero-order chi connectivity index (χ0) is 14.4. The van der Waals surface area contributed by atoms with Crippen molar-refractivity contribution in [1.82, 2.24) is 5.32 Å². The van der Waals surface area contributed by atoms with Gasteiger partial charge in [0.1, 0.15) is 12.4 Å². The monoisotopic (exact) mass is 269 g/mol. The van der Waals surface area contributed by atoms with Crippen LogP contribution in [0.5, 0.6) is 5.75 Å². The molecule has 2 heteroatoms. The third-order valence-electron chi connectivity index (χ3n) is 2.97. The van der Waals surface area contributed by atoms with Gasteiger partial charge in [-0.25, -0.2) is 0 Å². The molecule has 0 unspecified atom stereocenters. The van der Waals surface area contributed by atoms with E-state index in [1.807, 2.05) is 18.2 Å². The van der Waals surface area contributed by atoms with Crippen LogP contribution in [-0.4, -0.2) is 18.7 Å². The van der Waals surface area contributed by atoms with Crippen LogP contribution in [0.25, 0.3) is 11.1 Å². The van der Waals surface area contributed by atoms with Crippen LogP contribution in [0, 0.1) is 0 Å². The molecular formula is C18H23NO. The number of hydrogen-bond acceptors (Lipinski definition) is 2. The van der Waals surface area contributed by atoms with Crippen LogP contribution >= 0.6 is 0 Å². The van der Waals surface area contributed by atoms with E-state index >= 15 is 0 Å². The fourth-order valence-corrected chi connectivity index (χ4v) is 1.99. The number of hydrogen-bond donors (Lipinski definition) is 1. The highest BCUT2D eigenvalue weighted by Gasteiger charge is 2.07. The van der Waals surface area contributed by atoms with Crippen molar-refractivity contribution in [1.29, 1.82) is 0 Å². The van der Waals surface area contributed by atoms with Crippen LogP contribution in [-0.2, 0) is 0 Å². The molecule has 0 amide bonds. The topological polar surface area (TPSA) is 21.3 Å². The second-order valence-corrected chi connectivity index (χ2v) is 5.92. The number of rotatable bonds is 5. The molecule has 0 fully saturated rings. The standard InChI is InChI=1S/C18H23NO/c1-18(2,3)19-12-13-20-17-11-7-10-16(14-17)15-8-5-4-6-9-15/h4-11,14,19H,12-13H2,1-3H3. The molecule has 2 nitrogen and oxygen atoms in total. The predicted octanol–water partition coefficient (Wildman–Crippen LogP) is 4.12. The molecule has 0 radical (unpaired) electrons. The molecule has 0 aliphatic heterocycles. The molecule has 0 saturated carbocycles. The fraction of sp³-hybridized carbons (Fsp3) is 0.333. The van der Waals surface area contributed by atoms with Gasteiger partial charge in [-0.3, -0.25) is 0 Å². The van der Waals surface area contributed by atoms with Crippen LogP contribution in [0.15, 0.2) is 54.6 Å². The predicted molar refractivity (Wildman–Crippen MR) is 85.1 cm³/mol. The first kappa shape index (κ1) is 14.6. The summed E-state index contributed by atoms with van der Waals surface area (Å²) in [5.74, 6) is 0.919. The molecule has 2 aromatic carbocycles. The second-order valence-electron chi connectivity index (χ2n) is 5.92. The lowest BCUT2D eigenvalue weighted by Gasteiger charge is -2.20. The number of nitrogens with one attached hydrogen (secondary N) is 1. The third-order valence-corrected chi connectivity index (χ3v) is 2.97. The summed E-state index contributed by atoms with van der Waals surface area (Å²) in [6, 6.07) is 18.6. The second kappa shape index (κ2) is 6.58. The molecule has 0 atom stereocenters. The Morgan fingerprint density at radius 3 is 2.30 bits per heavy atom. The van der Waals surface area contributed by atoms with Crippen molar-refractivity contribution in [3.63, 3.8) is 0 Å². The lowest BCUT2D eigenvalue weighted by atomic mass is 10.1. The summed E-state index contributed by atoms with van der Waals surface area (Å²) in [4.78, 5) is 0. The van der Waals surface area contributed by atoms with Gasteiger partial charge in [0, 0.05) is 12.1 Å². The SMILES string of the molecule is CC(C)(C)NCCOc1cccc(-c2ccccc2)c1. The van der Waals surface area contributed by atoms with Gasteiger partial charge < -0.3 is 10.1 Å². The summed E-state index contributed by atoms with van der Waals surface area (Å²) < 4.78 is 5.80. The van der Waals surface area contributed by atoms with Gasteiger partial charge in [-0.2, -0.15) is 0 Å². The first-order valence-corrected chi connectivity index (χ1v) is 7.08. The van der Waals surface area contributed by atoms with E-state index in [0.717, 1.165) is 12.3 Å². The van der Waals surface area contributed by atoms with Crippen molar-refractivity contribution in [3.8, 4) is 16.9 Å². The van der Waals surface area contributed by atoms with Crippen LogP contribution in [0.3, 0.4) is 0 Å². The maximum atomic E-state index is 5.80. The fourth-order valence-electron chi connectivity index (χ4n) is 1.99. The molecule has 20 heavy (non-hydrogen) atoms. The van der Waals surface area contributed by atoms with Crippen molar-refractivity contribution in [3.05, 3.63) is 54.6 Å². The van der Waals surface area contributed by atoms with E-state index in [1.165, 1.54) is 11.1 Å². The molecule has 0 spiro atoms. The van der Waals surface area contributed by atoms with Crippen LogP contribution in [0.4, 0.5) is 0 Å². The van der Waals surface area contributed by atoms with Gasteiger partial charge in [0.05, 0.1) is 0 Å². The van der Waals surface area contributed by atoms with E-state index in [2.05, 4.69) is 62.5 Å². The average Bonchev–Trinajstić information content (AvgIpc) is 2.44. The van der Waals surface area contributed by atoms with Gasteiger partial charge in [0.25, 0.3) is 0 Å². The van der Waals surface area contributed by atoms with E-state index in [1.54, 1.807) is 0 Å². The Bertz CT molecular complexity index is 529. The van der Waals surface area contributed by atoms with Crippen molar-refractivity contribution < 1.29 is 4.74 Å². The van der Waals surface area contributed by atoms with E-state index < -0.39 is 0 Å². The molecule has 0 aliphatic rings. The molecule has 1 N–H and O–H groups in total. The molecule has 0 aromatic heterocycles. The highest BCUT2D eigenvalue weighted by Crippen LogP contribution is 2.23. The Kier molecular flexibility index (Phi) is 4.80. The van der Waals surface area contributed by atoms with E-state index in [4.69, 9.17) is 4.74 Å². The highest BCUT2D eigenvalue weighted by atomic mass is 16.5. The molecule has 0 saturated heterocycles. The van der Waals surface area contributed by atoms with E-state index in [9.17, 15) is 0 Å². The first-order chi connectivity index (χ1) is 9.54. The molecule has 106 valence electrons. The average molecular weight is 269 g/mol. The Hall–Kier alpha value is -1.80. The van der Waals surface area contributed by atoms with Gasteiger partial charge in [-0.05, 0) is 44.0 Å². The minimum atomic E-state index is 0.134. The summed E-state index contributed by atoms with van der Waals surface area (Å²) in [6.07, 6.45) is 0. The lowest BCUT2D eigenvalue weighted by Crippen LogP contribution is -2.38. The minimum absolute atomic E-state index is 0.134. The van der Waals surface area contributed by atoms with Crippen molar-refractivity contribution in [2.45, 2.75) is 26.3 Å². The maximum Gasteiger partial charge on any atom is 0.119 e. The van der Waals surface area contributed by atoms with Crippen LogP contribution in [0.1, 0.15) is 20.8 Å². The summed E-state index contributed by atoms with van der Waals surface area (Å²) in [5.41, 5.74) is 2.53. The Morgan fingerprint density at radius 1 is 0.900 bits per heavy atom. The summed E-state index contributed by atoms with van der Waals surface area (Å²) in [7, 11) is 0. The van der Waals surface area contributed by atoms with Gasteiger partial charge in [-0.1, -0.05) is 42.5 Å². The minimum Gasteiger partial charge on any atom is -0.492 e. The van der Waals surface area contributed by atoms with Crippen LogP contribution in [0.2, 0.25) is 0 Å². The highest BCUT2D eigenvalue weighted by molar-refractivity contribution is 5.64. The molecule has 2 rings (SSSR count). The van der Waals surface area contributed by atoms with Crippen molar-refractivity contribution >= 4 is 0 Å². The zero-order valence-corrected chi connectivity index (χ0v) is 12.5. The molecule has 2 aromatic rings.